The Balaban J connectivity index is 1.75. The van der Waals surface area contributed by atoms with Crippen LogP contribution in [0, 0.1) is 13.8 Å². The van der Waals surface area contributed by atoms with E-state index in [-0.39, 0.29) is 5.91 Å². The molecule has 0 radical (unpaired) electrons. The van der Waals surface area contributed by atoms with Crippen LogP contribution in [0.3, 0.4) is 0 Å². The third-order valence-electron chi connectivity index (χ3n) is 3.33. The first-order valence-corrected chi connectivity index (χ1v) is 8.03. The van der Waals surface area contributed by atoms with Crippen molar-refractivity contribution >= 4 is 39.0 Å². The Morgan fingerprint density at radius 1 is 1.12 bits per heavy atom. The minimum Gasteiger partial charge on any atom is -0.360 e. The van der Waals surface area contributed by atoms with Gasteiger partial charge in [-0.3, -0.25) is 9.78 Å². The number of amides is 1. The van der Waals surface area contributed by atoms with Crippen LogP contribution in [-0.4, -0.2) is 16.0 Å². The largest absolute Gasteiger partial charge is 0.360 e. The summed E-state index contributed by atoms with van der Waals surface area (Å²) >= 11 is 3.45. The van der Waals surface area contributed by atoms with Gasteiger partial charge >= 0.3 is 0 Å². The zero-order valence-electron chi connectivity index (χ0n) is 13.1. The topological polar surface area (TPSA) is 80.0 Å². The van der Waals surface area contributed by atoms with Gasteiger partial charge in [-0.2, -0.15) is 0 Å². The number of nitrogens with zero attached hydrogens (tertiary/aromatic N) is 2. The number of benzene rings is 1. The van der Waals surface area contributed by atoms with Gasteiger partial charge in [0.15, 0.2) is 5.82 Å². The van der Waals surface area contributed by atoms with E-state index in [4.69, 9.17) is 4.52 Å². The molecule has 0 aliphatic carbocycles. The molecule has 0 aliphatic rings. The molecule has 122 valence electrons. The summed E-state index contributed by atoms with van der Waals surface area (Å²) in [5, 5.41) is 9.75. The fraction of sp³-hybridized carbons (Fsp3) is 0.118. The Bertz CT molecular complexity index is 892. The van der Waals surface area contributed by atoms with Crippen LogP contribution in [0.15, 0.2) is 51.7 Å². The third kappa shape index (κ3) is 3.80. The molecule has 0 spiro atoms. The van der Waals surface area contributed by atoms with Crippen LogP contribution < -0.4 is 10.6 Å². The lowest BCUT2D eigenvalue weighted by atomic mass is 10.2. The Morgan fingerprint density at radius 2 is 1.96 bits per heavy atom. The summed E-state index contributed by atoms with van der Waals surface area (Å²) in [4.78, 5) is 16.5. The van der Waals surface area contributed by atoms with Crippen molar-refractivity contribution in [1.29, 1.82) is 0 Å². The number of rotatable bonds is 4. The van der Waals surface area contributed by atoms with Crippen LogP contribution in [0.2, 0.25) is 0 Å². The van der Waals surface area contributed by atoms with Crippen molar-refractivity contribution in [3.8, 4) is 0 Å². The predicted molar refractivity (Wildman–Crippen MR) is 95.6 cm³/mol. The Hall–Kier alpha value is -2.67. The first kappa shape index (κ1) is 16.2. The maximum absolute atomic E-state index is 12.4. The molecule has 7 heteroatoms. The van der Waals surface area contributed by atoms with Crippen LogP contribution >= 0.6 is 15.9 Å². The quantitative estimate of drug-likeness (QED) is 0.692. The number of pyridine rings is 1. The molecule has 6 nitrogen and oxygen atoms in total. The maximum Gasteiger partial charge on any atom is 0.257 e. The maximum atomic E-state index is 12.4. The van der Waals surface area contributed by atoms with Crippen LogP contribution in [0.4, 0.5) is 17.2 Å². The molecule has 2 aromatic heterocycles. The molecule has 0 unspecified atom stereocenters. The van der Waals surface area contributed by atoms with Gasteiger partial charge in [0, 0.05) is 22.4 Å². The van der Waals surface area contributed by atoms with Gasteiger partial charge in [0.2, 0.25) is 0 Å². The van der Waals surface area contributed by atoms with E-state index in [1.54, 1.807) is 25.3 Å². The lowest BCUT2D eigenvalue weighted by Crippen LogP contribution is -2.12. The van der Waals surface area contributed by atoms with E-state index in [1.807, 2.05) is 25.1 Å². The normalized spacial score (nSPS) is 10.5. The fourth-order valence-corrected chi connectivity index (χ4v) is 2.46. The standard InChI is InChI=1S/C17H15BrN4O2/c1-10-3-4-13(7-15(10)18)21-17(23)12-6-14(9-19-8-12)20-16-5-11(2)24-22-16/h3-9H,1-2H3,(H,20,22)(H,21,23). The second-order valence-electron chi connectivity index (χ2n) is 5.33. The zero-order chi connectivity index (χ0) is 17.1. The molecule has 3 aromatic rings. The molecule has 0 aliphatic heterocycles. The predicted octanol–water partition coefficient (Wildman–Crippen LogP) is 4.44. The highest BCUT2D eigenvalue weighted by atomic mass is 79.9. The molecule has 2 N–H and O–H groups in total. The molecule has 0 fully saturated rings. The van der Waals surface area contributed by atoms with E-state index in [0.717, 1.165) is 10.0 Å². The van der Waals surface area contributed by atoms with Crippen LogP contribution in [-0.2, 0) is 0 Å². The lowest BCUT2D eigenvalue weighted by Gasteiger charge is -2.08. The van der Waals surface area contributed by atoms with E-state index in [1.165, 1.54) is 6.20 Å². The molecule has 24 heavy (non-hydrogen) atoms. The molecule has 0 saturated heterocycles. The number of carbonyl (C=O) groups excluding carboxylic acids is 1. The average Bonchev–Trinajstić information content (AvgIpc) is 2.96. The van der Waals surface area contributed by atoms with Crippen LogP contribution in [0.5, 0.6) is 0 Å². The van der Waals surface area contributed by atoms with Crippen LogP contribution in [0.1, 0.15) is 21.7 Å². The summed E-state index contributed by atoms with van der Waals surface area (Å²) < 4.78 is 5.94. The SMILES string of the molecule is Cc1cc(Nc2cncc(C(=O)Nc3ccc(C)c(Br)c3)c2)no1. The van der Waals surface area contributed by atoms with Gasteiger partial charge in [0.1, 0.15) is 5.76 Å². The van der Waals surface area contributed by atoms with Gasteiger partial charge in [-0.15, -0.1) is 0 Å². The van der Waals surface area contributed by atoms with E-state index < -0.39 is 0 Å². The zero-order valence-corrected chi connectivity index (χ0v) is 14.7. The van der Waals surface area contributed by atoms with Gasteiger partial charge in [0.25, 0.3) is 5.91 Å². The van der Waals surface area contributed by atoms with Crippen LogP contribution in [0.25, 0.3) is 0 Å². The second-order valence-corrected chi connectivity index (χ2v) is 6.18. The third-order valence-corrected chi connectivity index (χ3v) is 4.18. The molecule has 0 saturated carbocycles. The minimum absolute atomic E-state index is 0.238. The molecular formula is C17H15BrN4O2. The smallest absolute Gasteiger partial charge is 0.257 e. The summed E-state index contributed by atoms with van der Waals surface area (Å²) in [6, 6.07) is 9.11. The van der Waals surface area contributed by atoms with E-state index in [0.29, 0.717) is 28.5 Å². The highest BCUT2D eigenvalue weighted by Gasteiger charge is 2.09. The number of anilines is 3. The second kappa shape index (κ2) is 6.84. The fourth-order valence-electron chi connectivity index (χ4n) is 2.08. The highest BCUT2D eigenvalue weighted by Crippen LogP contribution is 2.22. The van der Waals surface area contributed by atoms with E-state index in [2.05, 4.69) is 36.7 Å². The number of nitrogens with one attached hydrogen (secondary N) is 2. The number of hydrogen-bond donors (Lipinski definition) is 2. The van der Waals surface area contributed by atoms with Crippen molar-refractivity contribution in [3.63, 3.8) is 0 Å². The number of halogens is 1. The van der Waals surface area contributed by atoms with Crippen molar-refractivity contribution in [1.82, 2.24) is 10.1 Å². The molecule has 1 amide bonds. The van der Waals surface area contributed by atoms with Crippen molar-refractivity contribution < 1.29 is 9.32 Å². The monoisotopic (exact) mass is 386 g/mol. The van der Waals surface area contributed by atoms with E-state index >= 15 is 0 Å². The summed E-state index contributed by atoms with van der Waals surface area (Å²) in [6.45, 7) is 3.79. The minimum atomic E-state index is -0.238. The van der Waals surface area contributed by atoms with Gasteiger partial charge in [0.05, 0.1) is 17.4 Å². The molecule has 0 atom stereocenters. The van der Waals surface area contributed by atoms with Crippen molar-refractivity contribution in [2.45, 2.75) is 13.8 Å². The lowest BCUT2D eigenvalue weighted by molar-refractivity contribution is 0.102. The summed E-state index contributed by atoms with van der Waals surface area (Å²) in [5.41, 5.74) is 2.91. The van der Waals surface area contributed by atoms with Crippen molar-refractivity contribution in [2.75, 3.05) is 10.6 Å². The van der Waals surface area contributed by atoms with Gasteiger partial charge in [-0.1, -0.05) is 27.2 Å². The van der Waals surface area contributed by atoms with Crippen molar-refractivity contribution in [3.05, 3.63) is 64.1 Å². The molecular weight excluding hydrogens is 372 g/mol. The number of aromatic nitrogens is 2. The highest BCUT2D eigenvalue weighted by molar-refractivity contribution is 9.10. The number of hydrogen-bond acceptors (Lipinski definition) is 5. The molecule has 2 heterocycles. The molecule has 0 bridgehead atoms. The summed E-state index contributed by atoms with van der Waals surface area (Å²) in [5.74, 6) is 1.02. The Labute approximate surface area is 147 Å². The summed E-state index contributed by atoms with van der Waals surface area (Å²) in [7, 11) is 0. The number of aryl methyl sites for hydroxylation is 2. The number of carbonyl (C=O) groups is 1. The van der Waals surface area contributed by atoms with Gasteiger partial charge in [-0.05, 0) is 37.6 Å². The Morgan fingerprint density at radius 3 is 2.67 bits per heavy atom. The van der Waals surface area contributed by atoms with Crippen molar-refractivity contribution in [2.24, 2.45) is 0 Å². The molecule has 1 aromatic carbocycles. The Kier molecular flexibility index (Phi) is 4.61. The summed E-state index contributed by atoms with van der Waals surface area (Å²) in [6.07, 6.45) is 3.13. The first-order chi connectivity index (χ1) is 11.5. The first-order valence-electron chi connectivity index (χ1n) is 7.24. The average molecular weight is 387 g/mol. The van der Waals surface area contributed by atoms with Gasteiger partial charge in [-0.25, -0.2) is 0 Å². The molecule has 3 rings (SSSR count). The van der Waals surface area contributed by atoms with E-state index in [9.17, 15) is 4.79 Å². The van der Waals surface area contributed by atoms with Gasteiger partial charge < -0.3 is 15.2 Å².